The topological polar surface area (TPSA) is 95.3 Å². The molecule has 17 heavy (non-hydrogen) atoms. The van der Waals surface area contributed by atoms with Crippen LogP contribution in [-0.4, -0.2) is 29.1 Å². The van der Waals surface area contributed by atoms with Gasteiger partial charge in [-0.1, -0.05) is 17.2 Å². The van der Waals surface area contributed by atoms with Crippen LogP contribution >= 0.6 is 0 Å². The van der Waals surface area contributed by atoms with Gasteiger partial charge in [0.25, 0.3) is 0 Å². The lowest BCUT2D eigenvalue weighted by Gasteiger charge is -2.34. The third kappa shape index (κ3) is 1.63. The molecule has 1 aromatic rings. The number of hydrogen-bond donors (Lipinski definition) is 1. The molecule has 1 aromatic carbocycles. The lowest BCUT2D eigenvalue weighted by molar-refractivity contribution is 0.0415. The molecule has 6 heteroatoms. The first-order valence-electron chi connectivity index (χ1n) is 5.13. The molecule has 88 valence electrons. The number of azide groups is 1. The second-order valence-electron chi connectivity index (χ2n) is 3.90. The van der Waals surface area contributed by atoms with Crippen LogP contribution in [0.4, 0.5) is 0 Å². The van der Waals surface area contributed by atoms with Crippen LogP contribution in [0.1, 0.15) is 17.3 Å². The lowest BCUT2D eigenvalue weighted by Crippen LogP contribution is -2.53. The van der Waals surface area contributed by atoms with Crippen molar-refractivity contribution in [2.75, 3.05) is 6.61 Å². The Morgan fingerprint density at radius 1 is 1.59 bits per heavy atom. The second-order valence-corrected chi connectivity index (χ2v) is 3.90. The number of nitrogens with zero attached hydrogens (tertiary/aromatic N) is 3. The number of carbonyl (C=O) groups is 1. The van der Waals surface area contributed by atoms with Gasteiger partial charge in [0.05, 0.1) is 11.7 Å². The Kier molecular flexibility index (Phi) is 2.75. The summed E-state index contributed by atoms with van der Waals surface area (Å²) in [6.45, 7) is 1.26. The molecule has 1 aliphatic rings. The van der Waals surface area contributed by atoms with Crippen LogP contribution in [0.2, 0.25) is 0 Å². The van der Waals surface area contributed by atoms with Crippen molar-refractivity contribution in [2.45, 2.75) is 18.6 Å². The highest BCUT2D eigenvalue weighted by Gasteiger charge is 2.47. The Balaban J connectivity index is 2.55. The molecule has 2 rings (SSSR count). The third-order valence-electron chi connectivity index (χ3n) is 2.89. The standard InChI is InChI=1S/C11H11N3O3/c1-7(15)11(13-14-12)6-17-9-5-3-2-4-8(9)10(11)16/h2-5,7,15H,6H2,1H3. The van der Waals surface area contributed by atoms with Crippen LogP contribution in [0.5, 0.6) is 5.75 Å². The summed E-state index contributed by atoms with van der Waals surface area (Å²) in [5.41, 5.74) is 7.30. The molecular formula is C11H11N3O3. The Morgan fingerprint density at radius 3 is 2.94 bits per heavy atom. The summed E-state index contributed by atoms with van der Waals surface area (Å²) in [7, 11) is 0. The summed E-state index contributed by atoms with van der Waals surface area (Å²) in [5.74, 6) is 0.0362. The number of ketones is 1. The maximum absolute atomic E-state index is 12.3. The van der Waals surface area contributed by atoms with Gasteiger partial charge in [-0.05, 0) is 24.6 Å². The predicted octanol–water partition coefficient (Wildman–Crippen LogP) is 1.69. The van der Waals surface area contributed by atoms with E-state index in [1.54, 1.807) is 24.3 Å². The van der Waals surface area contributed by atoms with Crippen molar-refractivity contribution in [2.24, 2.45) is 5.11 Å². The molecule has 1 aliphatic heterocycles. The zero-order valence-corrected chi connectivity index (χ0v) is 9.20. The summed E-state index contributed by atoms with van der Waals surface area (Å²) < 4.78 is 5.38. The minimum Gasteiger partial charge on any atom is -0.492 e. The first-order valence-corrected chi connectivity index (χ1v) is 5.13. The van der Waals surface area contributed by atoms with Gasteiger partial charge in [-0.2, -0.15) is 0 Å². The zero-order chi connectivity index (χ0) is 12.5. The Hall–Kier alpha value is -2.04. The van der Waals surface area contributed by atoms with Gasteiger partial charge in [-0.25, -0.2) is 0 Å². The smallest absolute Gasteiger partial charge is 0.184 e. The average molecular weight is 233 g/mol. The summed E-state index contributed by atoms with van der Waals surface area (Å²) in [4.78, 5) is 14.9. The van der Waals surface area contributed by atoms with E-state index in [0.717, 1.165) is 0 Å². The number of benzene rings is 1. The van der Waals surface area contributed by atoms with E-state index < -0.39 is 17.4 Å². The molecule has 0 saturated carbocycles. The van der Waals surface area contributed by atoms with Crippen molar-refractivity contribution < 1.29 is 14.6 Å². The summed E-state index contributed by atoms with van der Waals surface area (Å²) in [5, 5.41) is 13.1. The van der Waals surface area contributed by atoms with Crippen molar-refractivity contribution in [1.29, 1.82) is 0 Å². The number of aliphatic hydroxyl groups excluding tert-OH is 1. The first kappa shape index (κ1) is 11.4. The van der Waals surface area contributed by atoms with Gasteiger partial charge >= 0.3 is 0 Å². The molecule has 0 saturated heterocycles. The van der Waals surface area contributed by atoms with Crippen molar-refractivity contribution in [3.63, 3.8) is 0 Å². The van der Waals surface area contributed by atoms with E-state index >= 15 is 0 Å². The van der Waals surface area contributed by atoms with Crippen LogP contribution in [0.3, 0.4) is 0 Å². The van der Waals surface area contributed by atoms with Crippen molar-refractivity contribution >= 4 is 5.78 Å². The number of rotatable bonds is 2. The van der Waals surface area contributed by atoms with Gasteiger partial charge in [0.1, 0.15) is 12.4 Å². The Morgan fingerprint density at radius 2 is 2.29 bits per heavy atom. The van der Waals surface area contributed by atoms with Crippen molar-refractivity contribution in [3.05, 3.63) is 40.3 Å². The molecular weight excluding hydrogens is 222 g/mol. The highest BCUT2D eigenvalue weighted by molar-refractivity contribution is 6.07. The summed E-state index contributed by atoms with van der Waals surface area (Å²) in [6, 6.07) is 6.68. The normalized spacial score (nSPS) is 24.2. The van der Waals surface area contributed by atoms with Crippen LogP contribution in [0, 0.1) is 0 Å². The van der Waals surface area contributed by atoms with Crippen LogP contribution < -0.4 is 4.74 Å². The van der Waals surface area contributed by atoms with Crippen LogP contribution in [0.25, 0.3) is 10.4 Å². The molecule has 0 aliphatic carbocycles. The average Bonchev–Trinajstić information content (AvgIpc) is 2.33. The lowest BCUT2D eigenvalue weighted by atomic mass is 9.84. The molecule has 0 bridgehead atoms. The summed E-state index contributed by atoms with van der Waals surface area (Å²) >= 11 is 0. The highest BCUT2D eigenvalue weighted by Crippen LogP contribution is 2.33. The van der Waals surface area contributed by atoms with E-state index in [1.165, 1.54) is 6.92 Å². The van der Waals surface area contributed by atoms with Crippen LogP contribution in [0.15, 0.2) is 29.4 Å². The maximum Gasteiger partial charge on any atom is 0.184 e. The predicted molar refractivity (Wildman–Crippen MR) is 59.8 cm³/mol. The van der Waals surface area contributed by atoms with Gasteiger partial charge in [-0.3, -0.25) is 4.79 Å². The molecule has 0 spiro atoms. The molecule has 6 nitrogen and oxygen atoms in total. The quantitative estimate of drug-likeness (QED) is 0.478. The van der Waals surface area contributed by atoms with E-state index in [4.69, 9.17) is 10.3 Å². The Bertz CT molecular complexity index is 508. The second kappa shape index (κ2) is 4.08. The van der Waals surface area contributed by atoms with Crippen molar-refractivity contribution in [3.8, 4) is 5.75 Å². The molecule has 2 unspecified atom stereocenters. The fourth-order valence-electron chi connectivity index (χ4n) is 1.81. The van der Waals surface area contributed by atoms with Gasteiger partial charge in [0, 0.05) is 4.91 Å². The fourth-order valence-corrected chi connectivity index (χ4v) is 1.81. The summed E-state index contributed by atoms with van der Waals surface area (Å²) in [6.07, 6.45) is -1.11. The first-order chi connectivity index (χ1) is 8.12. The molecule has 0 amide bonds. The number of aliphatic hydroxyl groups is 1. The van der Waals surface area contributed by atoms with Gasteiger partial charge in [0.15, 0.2) is 11.3 Å². The molecule has 2 atom stereocenters. The number of ether oxygens (including phenoxy) is 1. The van der Waals surface area contributed by atoms with E-state index in [0.29, 0.717) is 11.3 Å². The number of carbonyl (C=O) groups excluding carboxylic acids is 1. The van der Waals surface area contributed by atoms with Gasteiger partial charge in [-0.15, -0.1) is 0 Å². The number of Topliss-reactive ketones (excluding diaryl/α,β-unsaturated/α-hetero) is 1. The van der Waals surface area contributed by atoms with Crippen molar-refractivity contribution in [1.82, 2.24) is 0 Å². The largest absolute Gasteiger partial charge is 0.492 e. The van der Waals surface area contributed by atoms with E-state index in [1.807, 2.05) is 0 Å². The Labute approximate surface area is 97.5 Å². The minimum atomic E-state index is -1.57. The fraction of sp³-hybridized carbons (Fsp3) is 0.364. The van der Waals surface area contributed by atoms with Gasteiger partial charge in [0.2, 0.25) is 0 Å². The monoisotopic (exact) mass is 233 g/mol. The maximum atomic E-state index is 12.3. The third-order valence-corrected chi connectivity index (χ3v) is 2.89. The molecule has 0 fully saturated rings. The van der Waals surface area contributed by atoms with Crippen LogP contribution in [-0.2, 0) is 0 Å². The molecule has 1 heterocycles. The van der Waals surface area contributed by atoms with E-state index in [2.05, 4.69) is 10.0 Å². The van der Waals surface area contributed by atoms with E-state index in [-0.39, 0.29) is 6.61 Å². The highest BCUT2D eigenvalue weighted by atomic mass is 16.5. The molecule has 1 N–H and O–H groups in total. The molecule has 0 radical (unpaired) electrons. The number of para-hydroxylation sites is 1. The minimum absolute atomic E-state index is 0.148. The molecule has 0 aromatic heterocycles. The number of hydrogen-bond acceptors (Lipinski definition) is 4. The van der Waals surface area contributed by atoms with E-state index in [9.17, 15) is 9.90 Å². The van der Waals surface area contributed by atoms with Gasteiger partial charge < -0.3 is 9.84 Å². The number of fused-ring (bicyclic) bond motifs is 1. The SMILES string of the molecule is CC(O)C1(N=[N+]=[N-])COc2ccccc2C1=O. The zero-order valence-electron chi connectivity index (χ0n) is 9.20.